The van der Waals surface area contributed by atoms with Gasteiger partial charge >= 0.3 is 6.03 Å². The van der Waals surface area contributed by atoms with Crippen LogP contribution in [-0.4, -0.2) is 43.0 Å². The highest BCUT2D eigenvalue weighted by molar-refractivity contribution is 6.04. The molecule has 6 nitrogen and oxygen atoms in total. The van der Waals surface area contributed by atoms with Crippen LogP contribution < -0.4 is 15.5 Å². The summed E-state index contributed by atoms with van der Waals surface area (Å²) in [7, 11) is 0. The molecule has 2 saturated heterocycles. The Labute approximate surface area is 184 Å². The first kappa shape index (κ1) is 21.2. The van der Waals surface area contributed by atoms with E-state index in [1.165, 1.54) is 0 Å². The number of carbonyl (C=O) groups excluding carboxylic acids is 2. The summed E-state index contributed by atoms with van der Waals surface area (Å²) in [5.74, 6) is 0.786. The van der Waals surface area contributed by atoms with Gasteiger partial charge in [0.2, 0.25) is 0 Å². The molecular weight excluding hydrogens is 388 g/mol. The van der Waals surface area contributed by atoms with Crippen molar-refractivity contribution in [3.05, 3.63) is 53.6 Å². The van der Waals surface area contributed by atoms with Crippen LogP contribution in [0.25, 0.3) is 0 Å². The molecule has 0 bridgehead atoms. The van der Waals surface area contributed by atoms with Crippen molar-refractivity contribution in [2.24, 2.45) is 5.92 Å². The van der Waals surface area contributed by atoms with Crippen molar-refractivity contribution in [3.8, 4) is 0 Å². The molecule has 2 aliphatic heterocycles. The van der Waals surface area contributed by atoms with Crippen molar-refractivity contribution in [2.45, 2.75) is 39.5 Å². The van der Waals surface area contributed by atoms with Gasteiger partial charge in [-0.15, -0.1) is 0 Å². The van der Waals surface area contributed by atoms with Crippen LogP contribution in [0.15, 0.2) is 42.5 Å². The minimum absolute atomic E-state index is 0.0638. The van der Waals surface area contributed by atoms with E-state index in [4.69, 9.17) is 0 Å². The minimum Gasteiger partial charge on any atom is -0.371 e. The molecule has 0 aliphatic carbocycles. The summed E-state index contributed by atoms with van der Waals surface area (Å²) in [6.45, 7) is 7.80. The molecule has 31 heavy (non-hydrogen) atoms. The van der Waals surface area contributed by atoms with Gasteiger partial charge in [0.05, 0.1) is 5.56 Å². The maximum absolute atomic E-state index is 13.3. The number of nitrogens with zero attached hydrogens (tertiary/aromatic N) is 2. The van der Waals surface area contributed by atoms with Crippen LogP contribution in [-0.2, 0) is 0 Å². The van der Waals surface area contributed by atoms with E-state index in [0.29, 0.717) is 11.3 Å². The van der Waals surface area contributed by atoms with Crippen LogP contribution in [0.2, 0.25) is 0 Å². The number of anilines is 3. The summed E-state index contributed by atoms with van der Waals surface area (Å²) >= 11 is 0. The number of urea groups is 1. The summed E-state index contributed by atoms with van der Waals surface area (Å²) in [5.41, 5.74) is 4.11. The average Bonchev–Trinajstić information content (AvgIpc) is 3.29. The molecule has 0 radical (unpaired) electrons. The van der Waals surface area contributed by atoms with Crippen molar-refractivity contribution in [3.63, 3.8) is 0 Å². The van der Waals surface area contributed by atoms with Gasteiger partial charge in [-0.2, -0.15) is 0 Å². The van der Waals surface area contributed by atoms with Gasteiger partial charge in [0, 0.05) is 43.2 Å². The smallest absolute Gasteiger partial charge is 0.323 e. The van der Waals surface area contributed by atoms with E-state index in [0.717, 1.165) is 74.7 Å². The zero-order chi connectivity index (χ0) is 21.8. The first-order valence-corrected chi connectivity index (χ1v) is 11.3. The summed E-state index contributed by atoms with van der Waals surface area (Å²) in [4.78, 5) is 30.1. The van der Waals surface area contributed by atoms with Crippen LogP contribution in [0.4, 0.5) is 21.9 Å². The van der Waals surface area contributed by atoms with Crippen molar-refractivity contribution in [1.29, 1.82) is 0 Å². The maximum atomic E-state index is 13.3. The van der Waals surface area contributed by atoms with E-state index in [1.807, 2.05) is 54.3 Å². The number of rotatable bonds is 4. The number of nitrogens with one attached hydrogen (secondary N) is 2. The maximum Gasteiger partial charge on any atom is 0.323 e. The van der Waals surface area contributed by atoms with Gasteiger partial charge in [0.1, 0.15) is 0 Å². The number of benzene rings is 2. The van der Waals surface area contributed by atoms with E-state index in [2.05, 4.69) is 22.5 Å². The van der Waals surface area contributed by atoms with E-state index >= 15 is 0 Å². The van der Waals surface area contributed by atoms with Crippen molar-refractivity contribution < 1.29 is 9.59 Å². The summed E-state index contributed by atoms with van der Waals surface area (Å²) in [6, 6.07) is 13.1. The molecule has 2 fully saturated rings. The van der Waals surface area contributed by atoms with Gasteiger partial charge in [-0.1, -0.05) is 19.1 Å². The molecule has 0 spiro atoms. The lowest BCUT2D eigenvalue weighted by molar-refractivity contribution is 0.0793. The Morgan fingerprint density at radius 1 is 0.903 bits per heavy atom. The lowest BCUT2D eigenvalue weighted by atomic mass is 9.97. The Bertz CT molecular complexity index is 944. The fraction of sp³-hybridized carbons (Fsp3) is 0.440. The van der Waals surface area contributed by atoms with E-state index < -0.39 is 0 Å². The molecule has 164 valence electrons. The standard InChI is InChI=1S/C25H32N4O2/c1-18-10-14-28(15-11-18)23-9-8-21(17-22(23)24(30)29-12-3-4-13-29)27-25(31)26-20-7-5-6-19(2)16-20/h5-9,16-18H,3-4,10-15H2,1-2H3,(H2,26,27,31). The lowest BCUT2D eigenvalue weighted by Crippen LogP contribution is -2.35. The Balaban J connectivity index is 1.55. The monoisotopic (exact) mass is 420 g/mol. The second kappa shape index (κ2) is 9.41. The Hall–Kier alpha value is -3.02. The van der Waals surface area contributed by atoms with Crippen molar-refractivity contribution >= 4 is 29.0 Å². The van der Waals surface area contributed by atoms with Gasteiger partial charge in [-0.3, -0.25) is 4.79 Å². The number of carbonyl (C=O) groups is 2. The molecule has 2 N–H and O–H groups in total. The topological polar surface area (TPSA) is 64.7 Å². The van der Waals surface area contributed by atoms with Crippen molar-refractivity contribution in [2.75, 3.05) is 41.7 Å². The molecule has 2 aliphatic rings. The van der Waals surface area contributed by atoms with Gasteiger partial charge in [-0.25, -0.2) is 4.79 Å². The normalized spacial score (nSPS) is 17.0. The summed E-state index contributed by atoms with van der Waals surface area (Å²) in [6.07, 6.45) is 4.38. The molecule has 0 unspecified atom stereocenters. The molecule has 2 aromatic carbocycles. The Kier molecular flexibility index (Phi) is 6.44. The quantitative estimate of drug-likeness (QED) is 0.722. The average molecular weight is 421 g/mol. The largest absolute Gasteiger partial charge is 0.371 e. The summed E-state index contributed by atoms with van der Waals surface area (Å²) in [5, 5.41) is 5.76. The molecule has 0 aromatic heterocycles. The fourth-order valence-corrected chi connectivity index (χ4v) is 4.42. The molecule has 6 heteroatoms. The second-order valence-corrected chi connectivity index (χ2v) is 8.85. The second-order valence-electron chi connectivity index (χ2n) is 8.85. The fourth-order valence-electron chi connectivity index (χ4n) is 4.42. The number of hydrogen-bond acceptors (Lipinski definition) is 3. The van der Waals surface area contributed by atoms with Crippen LogP contribution >= 0.6 is 0 Å². The highest BCUT2D eigenvalue weighted by Gasteiger charge is 2.26. The highest BCUT2D eigenvalue weighted by atomic mass is 16.2. The number of amides is 3. The van der Waals surface area contributed by atoms with Gasteiger partial charge in [0.15, 0.2) is 0 Å². The molecule has 0 saturated carbocycles. The Morgan fingerprint density at radius 3 is 2.26 bits per heavy atom. The highest BCUT2D eigenvalue weighted by Crippen LogP contribution is 2.30. The van der Waals surface area contributed by atoms with Crippen LogP contribution in [0.3, 0.4) is 0 Å². The predicted molar refractivity (Wildman–Crippen MR) is 126 cm³/mol. The number of hydrogen-bond donors (Lipinski definition) is 2. The van der Waals surface area contributed by atoms with E-state index in [-0.39, 0.29) is 11.9 Å². The lowest BCUT2D eigenvalue weighted by Gasteiger charge is -2.34. The summed E-state index contributed by atoms with van der Waals surface area (Å²) < 4.78 is 0. The third-order valence-corrected chi connectivity index (χ3v) is 6.28. The van der Waals surface area contributed by atoms with Crippen molar-refractivity contribution in [1.82, 2.24) is 4.90 Å². The van der Waals surface area contributed by atoms with Crippen LogP contribution in [0.5, 0.6) is 0 Å². The molecule has 2 aromatic rings. The number of piperidine rings is 1. The van der Waals surface area contributed by atoms with E-state index in [1.54, 1.807) is 0 Å². The van der Waals surface area contributed by atoms with Crippen LogP contribution in [0, 0.1) is 12.8 Å². The van der Waals surface area contributed by atoms with Gasteiger partial charge in [0.25, 0.3) is 5.91 Å². The van der Waals surface area contributed by atoms with Gasteiger partial charge in [-0.05, 0) is 74.4 Å². The third-order valence-electron chi connectivity index (χ3n) is 6.28. The molecule has 3 amide bonds. The molecule has 4 rings (SSSR count). The number of aryl methyl sites for hydroxylation is 1. The first-order valence-electron chi connectivity index (χ1n) is 11.3. The first-order chi connectivity index (χ1) is 15.0. The van der Waals surface area contributed by atoms with Gasteiger partial charge < -0.3 is 20.4 Å². The molecular formula is C25H32N4O2. The third kappa shape index (κ3) is 5.19. The Morgan fingerprint density at radius 2 is 1.58 bits per heavy atom. The minimum atomic E-state index is -0.315. The number of likely N-dealkylation sites (tertiary alicyclic amines) is 1. The molecule has 0 atom stereocenters. The van der Waals surface area contributed by atoms with Crippen LogP contribution in [0.1, 0.15) is 48.5 Å². The van der Waals surface area contributed by atoms with E-state index in [9.17, 15) is 9.59 Å². The molecule has 2 heterocycles. The predicted octanol–water partition coefficient (Wildman–Crippen LogP) is 5.11. The zero-order valence-corrected chi connectivity index (χ0v) is 18.5. The SMILES string of the molecule is Cc1cccc(NC(=O)Nc2ccc(N3CCC(C)CC3)c(C(=O)N3CCCC3)c2)c1. The zero-order valence-electron chi connectivity index (χ0n) is 18.5.